The first kappa shape index (κ1) is 24.3. The van der Waals surface area contributed by atoms with Gasteiger partial charge in [-0.25, -0.2) is 0 Å². The van der Waals surface area contributed by atoms with Gasteiger partial charge in [-0.3, -0.25) is 14.4 Å². The van der Waals surface area contributed by atoms with E-state index in [2.05, 4.69) is 5.32 Å². The Labute approximate surface area is 208 Å². The number of ketones is 2. The number of phenols is 1. The first-order valence-corrected chi connectivity index (χ1v) is 12.2. The Morgan fingerprint density at radius 1 is 1.19 bits per heavy atom. The summed E-state index contributed by atoms with van der Waals surface area (Å²) in [6.45, 7) is 1.19. The van der Waals surface area contributed by atoms with Gasteiger partial charge in [-0.05, 0) is 55.7 Å². The number of aliphatic hydroxyl groups excluding tert-OH is 2. The van der Waals surface area contributed by atoms with Gasteiger partial charge < -0.3 is 36.4 Å². The van der Waals surface area contributed by atoms with Crippen LogP contribution in [0, 0.1) is 17.8 Å². The van der Waals surface area contributed by atoms with Crippen LogP contribution in [0.4, 0.5) is 5.69 Å². The number of hydrogen-bond donors (Lipinski definition) is 6. The van der Waals surface area contributed by atoms with E-state index in [1.165, 1.54) is 12.8 Å². The number of primary amides is 1. The van der Waals surface area contributed by atoms with E-state index in [9.17, 15) is 34.8 Å². The number of carbonyl (C=O) groups excluding carboxylic acids is 3. The molecular formula is C26H31N3O7. The maximum absolute atomic E-state index is 13.7. The number of Topliss-reactive ketones (excluding diaryl/α,β-unsaturated/α-hetero) is 2. The van der Waals surface area contributed by atoms with Gasteiger partial charge >= 0.3 is 0 Å². The normalized spacial score (nSPS) is 27.5. The van der Waals surface area contributed by atoms with Crippen molar-refractivity contribution in [2.24, 2.45) is 23.5 Å². The zero-order chi connectivity index (χ0) is 26.1. The minimum absolute atomic E-state index is 0.112. The lowest BCUT2D eigenvalue weighted by molar-refractivity contribution is -0.147. The van der Waals surface area contributed by atoms with Crippen molar-refractivity contribution in [3.05, 3.63) is 39.7 Å². The van der Waals surface area contributed by atoms with E-state index in [1.807, 2.05) is 25.1 Å². The monoisotopic (exact) mass is 497 g/mol. The molecule has 1 amide bonds. The van der Waals surface area contributed by atoms with Crippen LogP contribution in [0.2, 0.25) is 0 Å². The first-order valence-electron chi connectivity index (χ1n) is 12.2. The summed E-state index contributed by atoms with van der Waals surface area (Å²) in [5.74, 6) is -5.53. The third kappa shape index (κ3) is 3.50. The van der Waals surface area contributed by atoms with Gasteiger partial charge in [-0.2, -0.15) is 0 Å². The molecule has 7 N–H and O–H groups in total. The maximum Gasteiger partial charge on any atom is 0.255 e. The number of rotatable bonds is 6. The molecule has 5 rings (SSSR count). The lowest BCUT2D eigenvalue weighted by Crippen LogP contribution is -2.58. The van der Waals surface area contributed by atoms with Crippen molar-refractivity contribution in [2.45, 2.75) is 44.2 Å². The Morgan fingerprint density at radius 2 is 1.89 bits per heavy atom. The molecule has 2 fully saturated rings. The molecule has 192 valence electrons. The number of anilines is 1. The van der Waals surface area contributed by atoms with E-state index >= 15 is 0 Å². The van der Waals surface area contributed by atoms with Gasteiger partial charge in [0, 0.05) is 49.8 Å². The number of nitrogens with one attached hydrogen (secondary N) is 1. The number of aromatic hydroxyl groups is 1. The van der Waals surface area contributed by atoms with Crippen LogP contribution in [0.15, 0.2) is 23.0 Å². The van der Waals surface area contributed by atoms with Crippen LogP contribution in [0.5, 0.6) is 5.75 Å². The molecule has 36 heavy (non-hydrogen) atoms. The van der Waals surface area contributed by atoms with Crippen molar-refractivity contribution in [1.82, 2.24) is 5.32 Å². The SMILES string of the molecule is CN(C)c1cc(CNCC2CC2)c(O)c2c1C[C@H]1C[C@H]3CC(=O)C(C(N)=O)=C(O)[C@@]3(O)C(=O)C1=C2O. The van der Waals surface area contributed by atoms with Gasteiger partial charge in [0.1, 0.15) is 22.8 Å². The number of fused-ring (bicyclic) bond motifs is 3. The summed E-state index contributed by atoms with van der Waals surface area (Å²) >= 11 is 0. The molecule has 0 heterocycles. The van der Waals surface area contributed by atoms with E-state index in [-0.39, 0.29) is 36.1 Å². The average molecular weight is 498 g/mol. The van der Waals surface area contributed by atoms with E-state index in [0.29, 0.717) is 23.6 Å². The highest BCUT2D eigenvalue weighted by molar-refractivity contribution is 6.22. The Morgan fingerprint density at radius 3 is 2.50 bits per heavy atom. The quantitative estimate of drug-likeness (QED) is 0.313. The number of nitrogens with two attached hydrogens (primary N) is 1. The predicted octanol–water partition coefficient (Wildman–Crippen LogP) is 0.990. The molecule has 10 heteroatoms. The Kier molecular flexibility index (Phi) is 5.64. The van der Waals surface area contributed by atoms with E-state index in [0.717, 1.165) is 12.2 Å². The summed E-state index contributed by atoms with van der Waals surface area (Å²) in [6.07, 6.45) is 2.42. The fraction of sp³-hybridized carbons (Fsp3) is 0.500. The maximum atomic E-state index is 13.7. The molecule has 4 aliphatic rings. The first-order chi connectivity index (χ1) is 17.0. The fourth-order valence-electron chi connectivity index (χ4n) is 5.99. The molecule has 10 nitrogen and oxygen atoms in total. The summed E-state index contributed by atoms with van der Waals surface area (Å²) in [7, 11) is 3.70. The highest BCUT2D eigenvalue weighted by Crippen LogP contribution is 2.53. The second kappa shape index (κ2) is 8.35. The average Bonchev–Trinajstić information content (AvgIpc) is 3.61. The second-order valence-corrected chi connectivity index (χ2v) is 10.6. The third-order valence-corrected chi connectivity index (χ3v) is 8.05. The fourth-order valence-corrected chi connectivity index (χ4v) is 5.99. The zero-order valence-corrected chi connectivity index (χ0v) is 20.3. The van der Waals surface area contributed by atoms with Gasteiger partial charge in [-0.1, -0.05) is 0 Å². The van der Waals surface area contributed by atoms with Gasteiger partial charge in [0.2, 0.25) is 5.78 Å². The third-order valence-electron chi connectivity index (χ3n) is 8.05. The number of nitrogens with zero attached hydrogens (tertiary/aromatic N) is 1. The van der Waals surface area contributed by atoms with Crippen molar-refractivity contribution in [1.29, 1.82) is 0 Å². The highest BCUT2D eigenvalue weighted by Gasteiger charge is 2.60. The Bertz CT molecular complexity index is 1260. The van der Waals surface area contributed by atoms with Crippen LogP contribution in [0.1, 0.15) is 42.4 Å². The van der Waals surface area contributed by atoms with Gasteiger partial charge in [0.05, 0.1) is 5.56 Å². The number of benzene rings is 1. The molecular weight excluding hydrogens is 466 g/mol. The van der Waals surface area contributed by atoms with Crippen molar-refractivity contribution < 1.29 is 34.8 Å². The van der Waals surface area contributed by atoms with Crippen LogP contribution in [0.3, 0.4) is 0 Å². The van der Waals surface area contributed by atoms with Gasteiger partial charge in [-0.15, -0.1) is 0 Å². The van der Waals surface area contributed by atoms with Crippen LogP contribution >= 0.6 is 0 Å². The molecule has 2 saturated carbocycles. The molecule has 0 radical (unpaired) electrons. The summed E-state index contributed by atoms with van der Waals surface area (Å²) in [5.41, 5.74) is 3.88. The van der Waals surface area contributed by atoms with Gasteiger partial charge in [0.25, 0.3) is 5.91 Å². The largest absolute Gasteiger partial charge is 0.508 e. The summed E-state index contributed by atoms with van der Waals surface area (Å²) in [4.78, 5) is 39.8. The van der Waals surface area contributed by atoms with Crippen LogP contribution in [-0.4, -0.2) is 64.1 Å². The molecule has 0 aliphatic heterocycles. The molecule has 0 aromatic heterocycles. The minimum Gasteiger partial charge on any atom is -0.508 e. The Hall–Kier alpha value is -3.37. The number of phenolic OH excluding ortho intramolecular Hbond substituents is 1. The number of hydrogen-bond acceptors (Lipinski definition) is 9. The topological polar surface area (TPSA) is 173 Å². The molecule has 3 atom stereocenters. The Balaban J connectivity index is 1.63. The van der Waals surface area contributed by atoms with Crippen molar-refractivity contribution in [3.8, 4) is 5.75 Å². The van der Waals surface area contributed by atoms with Crippen LogP contribution in [-0.2, 0) is 27.3 Å². The minimum atomic E-state index is -2.56. The number of amides is 1. The van der Waals surface area contributed by atoms with Crippen molar-refractivity contribution in [3.63, 3.8) is 0 Å². The van der Waals surface area contributed by atoms with Gasteiger partial charge in [0.15, 0.2) is 11.4 Å². The van der Waals surface area contributed by atoms with Crippen molar-refractivity contribution >= 4 is 28.9 Å². The number of aliphatic hydroxyl groups is 3. The van der Waals surface area contributed by atoms with E-state index < -0.39 is 52.0 Å². The molecule has 0 unspecified atom stereocenters. The lowest BCUT2D eigenvalue weighted by Gasteiger charge is -2.46. The molecule has 4 aliphatic carbocycles. The molecule has 0 spiro atoms. The molecule has 1 aromatic rings. The van der Waals surface area contributed by atoms with Crippen molar-refractivity contribution in [2.75, 3.05) is 25.5 Å². The van der Waals surface area contributed by atoms with Crippen LogP contribution in [0.25, 0.3) is 5.76 Å². The smallest absolute Gasteiger partial charge is 0.255 e. The molecule has 0 saturated heterocycles. The predicted molar refractivity (Wildman–Crippen MR) is 130 cm³/mol. The van der Waals surface area contributed by atoms with E-state index in [4.69, 9.17) is 5.73 Å². The van der Waals surface area contributed by atoms with Crippen LogP contribution < -0.4 is 16.0 Å². The zero-order valence-electron chi connectivity index (χ0n) is 20.3. The summed E-state index contributed by atoms with van der Waals surface area (Å²) < 4.78 is 0. The molecule has 1 aromatic carbocycles. The standard InChI is InChI=1S/C26H31N3O7/c1-29(2)16-7-13(10-28-9-11-3-4-11)21(31)19-15(16)6-12-5-14-8-17(30)20(25(27)35)24(34)26(14,36)23(33)18(12)22(19)32/h7,11-12,14,28,31-32,34,36H,3-6,8-10H2,1-2H3,(H2,27,35)/t12-,14+,26+/m1/s1. The molecule has 0 bridgehead atoms. The lowest BCUT2D eigenvalue weighted by atomic mass is 9.59. The summed E-state index contributed by atoms with van der Waals surface area (Å²) in [5, 5.41) is 47.9. The second-order valence-electron chi connectivity index (χ2n) is 10.6. The highest BCUT2D eigenvalue weighted by atomic mass is 16.3. The number of carbonyl (C=O) groups is 3. The van der Waals surface area contributed by atoms with E-state index in [1.54, 1.807) is 0 Å². The summed E-state index contributed by atoms with van der Waals surface area (Å²) in [6, 6.07) is 1.87.